The van der Waals surface area contributed by atoms with Gasteiger partial charge in [-0.15, -0.1) is 0 Å². The molecule has 1 aromatic rings. The zero-order valence-electron chi connectivity index (χ0n) is 12.1. The van der Waals surface area contributed by atoms with Crippen molar-refractivity contribution in [3.8, 4) is 11.5 Å². The Morgan fingerprint density at radius 1 is 1.32 bits per heavy atom. The second kappa shape index (κ2) is 9.84. The predicted octanol–water partition coefficient (Wildman–Crippen LogP) is 4.63. The second-order valence-electron chi connectivity index (χ2n) is 4.35. The van der Waals surface area contributed by atoms with Crippen molar-refractivity contribution in [2.24, 2.45) is 0 Å². The van der Waals surface area contributed by atoms with Crippen LogP contribution >= 0.6 is 15.9 Å². The maximum Gasteiger partial charge on any atom is 0.129 e. The number of hydrogen-bond acceptors (Lipinski definition) is 3. The van der Waals surface area contributed by atoms with E-state index in [9.17, 15) is 9.90 Å². The van der Waals surface area contributed by atoms with E-state index in [-0.39, 0.29) is 11.5 Å². The molecule has 0 amide bonds. The van der Waals surface area contributed by atoms with Crippen LogP contribution in [0.15, 0.2) is 16.6 Å². The molecule has 0 aromatic heterocycles. The Hall–Kier alpha value is -1.03. The Balaban J connectivity index is 0.000000459. The van der Waals surface area contributed by atoms with Crippen molar-refractivity contribution in [1.29, 1.82) is 0 Å². The molecule has 1 rings (SSSR count). The predicted molar refractivity (Wildman–Crippen MR) is 81.9 cm³/mol. The first-order chi connectivity index (χ1) is 8.92. The summed E-state index contributed by atoms with van der Waals surface area (Å²) in [4.78, 5) is 10.0. The summed E-state index contributed by atoms with van der Waals surface area (Å²) in [7, 11) is 0. The number of carbonyl (C=O) groups excluding carboxylic acids is 1. The summed E-state index contributed by atoms with van der Waals surface area (Å²) in [5.41, 5.74) is 0.789. The van der Waals surface area contributed by atoms with E-state index in [0.29, 0.717) is 6.61 Å². The molecule has 1 N–H and O–H groups in total. The Morgan fingerprint density at radius 2 is 1.95 bits per heavy atom. The molecule has 0 unspecified atom stereocenters. The summed E-state index contributed by atoms with van der Waals surface area (Å²) in [6.45, 7) is 8.18. The first-order valence-electron chi connectivity index (χ1n) is 6.53. The average molecular weight is 331 g/mol. The van der Waals surface area contributed by atoms with E-state index >= 15 is 0 Å². The van der Waals surface area contributed by atoms with Crippen LogP contribution in [-0.4, -0.2) is 17.5 Å². The van der Waals surface area contributed by atoms with Crippen LogP contribution in [-0.2, 0) is 4.79 Å². The number of ether oxygens (including phenoxy) is 1. The van der Waals surface area contributed by atoms with E-state index in [1.54, 1.807) is 13.0 Å². The lowest BCUT2D eigenvalue weighted by atomic mass is 10.2. The number of Topliss-reactive ketones (excluding diaryl/α,β-unsaturated/α-hetero) is 1. The van der Waals surface area contributed by atoms with Gasteiger partial charge < -0.3 is 14.6 Å². The lowest BCUT2D eigenvalue weighted by molar-refractivity contribution is -0.117. The number of phenols is 1. The highest BCUT2D eigenvalue weighted by Crippen LogP contribution is 2.31. The van der Waals surface area contributed by atoms with E-state index in [4.69, 9.17) is 4.74 Å². The van der Waals surface area contributed by atoms with Crippen LogP contribution in [0.3, 0.4) is 0 Å². The number of aromatic hydroxyl groups is 1. The molecule has 0 aliphatic carbocycles. The first kappa shape index (κ1) is 18.0. The van der Waals surface area contributed by atoms with Gasteiger partial charge in [0.15, 0.2) is 0 Å². The van der Waals surface area contributed by atoms with Crippen LogP contribution in [0.5, 0.6) is 11.5 Å². The fourth-order valence-corrected chi connectivity index (χ4v) is 1.78. The van der Waals surface area contributed by atoms with Gasteiger partial charge in [0, 0.05) is 16.5 Å². The van der Waals surface area contributed by atoms with Crippen molar-refractivity contribution in [1.82, 2.24) is 0 Å². The Kier molecular flexibility index (Phi) is 9.31. The molecule has 1 aromatic carbocycles. The van der Waals surface area contributed by atoms with Gasteiger partial charge in [0.05, 0.1) is 6.61 Å². The zero-order chi connectivity index (χ0) is 14.8. The lowest BCUT2D eigenvalue weighted by Crippen LogP contribution is -1.96. The number of benzene rings is 1. The number of ketones is 1. The summed E-state index contributed by atoms with van der Waals surface area (Å²) in [6, 6.07) is 3.53. The fraction of sp³-hybridized carbons (Fsp3) is 0.533. The number of hydrogen-bond donors (Lipinski definition) is 1. The van der Waals surface area contributed by atoms with Crippen molar-refractivity contribution in [3.63, 3.8) is 0 Å². The third-order valence-electron chi connectivity index (χ3n) is 2.36. The van der Waals surface area contributed by atoms with Gasteiger partial charge in [-0.2, -0.15) is 0 Å². The van der Waals surface area contributed by atoms with Crippen molar-refractivity contribution < 1.29 is 14.6 Å². The lowest BCUT2D eigenvalue weighted by Gasteiger charge is -2.09. The van der Waals surface area contributed by atoms with Crippen molar-refractivity contribution in [2.45, 2.75) is 47.0 Å². The van der Waals surface area contributed by atoms with Gasteiger partial charge in [0.2, 0.25) is 0 Å². The molecule has 19 heavy (non-hydrogen) atoms. The molecule has 0 aliphatic rings. The Labute approximate surface area is 124 Å². The van der Waals surface area contributed by atoms with E-state index < -0.39 is 0 Å². The van der Waals surface area contributed by atoms with Crippen molar-refractivity contribution in [3.05, 3.63) is 22.2 Å². The van der Waals surface area contributed by atoms with Crippen LogP contribution in [0.25, 0.3) is 0 Å². The third kappa shape index (κ3) is 7.88. The monoisotopic (exact) mass is 330 g/mol. The van der Waals surface area contributed by atoms with Crippen LogP contribution in [0.4, 0.5) is 0 Å². The van der Waals surface area contributed by atoms with Gasteiger partial charge in [0.1, 0.15) is 17.3 Å². The maximum absolute atomic E-state index is 10.0. The molecule has 0 atom stereocenters. The fourth-order valence-electron chi connectivity index (χ4n) is 1.35. The third-order valence-corrected chi connectivity index (χ3v) is 2.82. The van der Waals surface area contributed by atoms with Crippen molar-refractivity contribution in [2.75, 3.05) is 6.61 Å². The zero-order valence-corrected chi connectivity index (χ0v) is 13.7. The van der Waals surface area contributed by atoms with Gasteiger partial charge in [-0.1, -0.05) is 29.8 Å². The summed E-state index contributed by atoms with van der Waals surface area (Å²) in [5.74, 6) is 1.30. The molecule has 3 nitrogen and oxygen atoms in total. The summed E-state index contributed by atoms with van der Waals surface area (Å²) < 4.78 is 6.29. The molecule has 0 spiro atoms. The standard InChI is InChI=1S/C10H13BrO2.C5H10O/c1-3-4-13-10-6-8(11)5-9(12)7(10)2;1-3-4-5(2)6/h5-6,12H,3-4H2,1-2H3;3-4H2,1-2H3. The van der Waals surface area contributed by atoms with E-state index in [1.165, 1.54) is 0 Å². The molecule has 0 heterocycles. The second-order valence-corrected chi connectivity index (χ2v) is 5.26. The minimum absolute atomic E-state index is 0.264. The van der Waals surface area contributed by atoms with Crippen LogP contribution in [0.2, 0.25) is 0 Å². The number of rotatable bonds is 5. The van der Waals surface area contributed by atoms with Gasteiger partial charge in [-0.05, 0) is 38.8 Å². The van der Waals surface area contributed by atoms with E-state index in [0.717, 1.165) is 35.0 Å². The highest BCUT2D eigenvalue weighted by Gasteiger charge is 2.05. The average Bonchev–Trinajstić information content (AvgIpc) is 2.32. The highest BCUT2D eigenvalue weighted by atomic mass is 79.9. The molecule has 108 valence electrons. The quantitative estimate of drug-likeness (QED) is 0.856. The topological polar surface area (TPSA) is 46.5 Å². The van der Waals surface area contributed by atoms with Gasteiger partial charge in [-0.3, -0.25) is 0 Å². The molecule has 0 saturated heterocycles. The normalized spacial score (nSPS) is 9.53. The van der Waals surface area contributed by atoms with Crippen molar-refractivity contribution >= 4 is 21.7 Å². The minimum atomic E-state index is 0.264. The number of carbonyl (C=O) groups is 1. The van der Waals surface area contributed by atoms with E-state index in [2.05, 4.69) is 15.9 Å². The minimum Gasteiger partial charge on any atom is -0.508 e. The molecule has 0 radical (unpaired) electrons. The Bertz CT molecular complexity index is 403. The SMILES string of the molecule is CCCC(C)=O.CCCOc1cc(Br)cc(O)c1C. The molecule has 0 saturated carbocycles. The van der Waals surface area contributed by atoms with Gasteiger partial charge in [-0.25, -0.2) is 0 Å². The smallest absolute Gasteiger partial charge is 0.129 e. The maximum atomic E-state index is 10.0. The van der Waals surface area contributed by atoms with Crippen LogP contribution in [0, 0.1) is 6.92 Å². The number of halogens is 1. The van der Waals surface area contributed by atoms with Crippen LogP contribution in [0.1, 0.15) is 45.6 Å². The van der Waals surface area contributed by atoms with E-state index in [1.807, 2.05) is 26.8 Å². The molecular weight excluding hydrogens is 308 g/mol. The largest absolute Gasteiger partial charge is 0.508 e. The molecule has 4 heteroatoms. The number of phenolic OH excluding ortho intramolecular Hbond substituents is 1. The summed E-state index contributed by atoms with van der Waals surface area (Å²) in [5, 5.41) is 9.47. The molecular formula is C15H23BrO3. The molecule has 0 fully saturated rings. The highest BCUT2D eigenvalue weighted by molar-refractivity contribution is 9.10. The summed E-state index contributed by atoms with van der Waals surface area (Å²) >= 11 is 3.30. The Morgan fingerprint density at radius 3 is 2.37 bits per heavy atom. The first-order valence-corrected chi connectivity index (χ1v) is 7.32. The molecule has 0 aliphatic heterocycles. The van der Waals surface area contributed by atoms with Crippen LogP contribution < -0.4 is 4.74 Å². The molecule has 0 bridgehead atoms. The summed E-state index contributed by atoms with van der Waals surface area (Å²) in [6.07, 6.45) is 2.68. The van der Waals surface area contributed by atoms with Gasteiger partial charge >= 0.3 is 0 Å². The van der Waals surface area contributed by atoms with Gasteiger partial charge in [0.25, 0.3) is 0 Å².